The van der Waals surface area contributed by atoms with E-state index in [0.29, 0.717) is 22.8 Å². The Morgan fingerprint density at radius 3 is 2.52 bits per heavy atom. The van der Waals surface area contributed by atoms with Gasteiger partial charge in [-0.2, -0.15) is 13.2 Å². The lowest BCUT2D eigenvalue weighted by atomic mass is 9.86. The molecule has 0 aliphatic carbocycles. The first-order valence-electron chi connectivity index (χ1n) is 11.3. The molecule has 2 bridgehead atoms. The Morgan fingerprint density at radius 1 is 1.12 bits per heavy atom. The molecular weight excluding hydrogens is 433 g/mol. The number of nitrogens with one attached hydrogen (secondary N) is 1. The van der Waals surface area contributed by atoms with Crippen LogP contribution in [0.2, 0.25) is 0 Å². The van der Waals surface area contributed by atoms with Crippen molar-refractivity contribution in [3.05, 3.63) is 53.6 Å². The third-order valence-corrected chi connectivity index (χ3v) is 7.03. The molecule has 1 N–H and O–H groups in total. The number of hydrogen-bond donors (Lipinski definition) is 1. The molecule has 3 saturated heterocycles. The molecule has 2 aromatic carbocycles. The van der Waals surface area contributed by atoms with E-state index < -0.39 is 29.5 Å². The van der Waals surface area contributed by atoms with Gasteiger partial charge in [0.1, 0.15) is 23.5 Å². The number of amides is 1. The van der Waals surface area contributed by atoms with Gasteiger partial charge in [0, 0.05) is 12.1 Å². The van der Waals surface area contributed by atoms with Crippen LogP contribution in [0.5, 0.6) is 5.75 Å². The molecule has 5 nitrogen and oxygen atoms in total. The van der Waals surface area contributed by atoms with Crippen molar-refractivity contribution < 1.29 is 27.4 Å². The molecule has 176 valence electrons. The zero-order chi connectivity index (χ0) is 23.4. The molecule has 0 radical (unpaired) electrons. The fraction of sp³-hybridized carbons (Fsp3) is 0.480. The molecule has 8 heteroatoms. The third-order valence-electron chi connectivity index (χ3n) is 7.03. The van der Waals surface area contributed by atoms with Gasteiger partial charge in [-0.25, -0.2) is 4.79 Å². The number of fused-ring (bicyclic) bond motifs is 4. The predicted octanol–water partition coefficient (Wildman–Crippen LogP) is 5.40. The number of nitrogens with zero attached hydrogens (tertiary/aromatic N) is 1. The lowest BCUT2D eigenvalue weighted by Gasteiger charge is -2.44. The summed E-state index contributed by atoms with van der Waals surface area (Å²) >= 11 is 0. The average Bonchev–Trinajstić information content (AvgIpc) is 3.02. The topological polar surface area (TPSA) is 50.8 Å². The second-order valence-electron chi connectivity index (χ2n) is 9.70. The van der Waals surface area contributed by atoms with Gasteiger partial charge in [-0.15, -0.1) is 0 Å². The van der Waals surface area contributed by atoms with E-state index in [9.17, 15) is 18.0 Å². The second kappa shape index (κ2) is 7.94. The first-order valence-corrected chi connectivity index (χ1v) is 11.3. The Hall–Kier alpha value is -2.74. The summed E-state index contributed by atoms with van der Waals surface area (Å²) in [6.07, 6.45) is -2.87. The number of benzene rings is 2. The molecule has 4 aliphatic heterocycles. The smallest absolute Gasteiger partial charge is 0.416 e. The van der Waals surface area contributed by atoms with Crippen molar-refractivity contribution >= 4 is 6.09 Å². The van der Waals surface area contributed by atoms with Crippen LogP contribution in [0.1, 0.15) is 43.9 Å². The van der Waals surface area contributed by atoms with E-state index >= 15 is 0 Å². The van der Waals surface area contributed by atoms with Crippen molar-refractivity contribution in [2.24, 2.45) is 5.92 Å². The molecule has 3 fully saturated rings. The summed E-state index contributed by atoms with van der Waals surface area (Å²) in [5.41, 5.74) is 0.416. The fourth-order valence-corrected chi connectivity index (χ4v) is 5.22. The summed E-state index contributed by atoms with van der Waals surface area (Å²) in [5.74, 6) is 0.957. The SMILES string of the molecule is CC1(C)Oc2cc(-c3cccc(C(F)(F)F)c3)ccc2C1NC(=O)O[C@H]1CN2CCC1CC2. The van der Waals surface area contributed by atoms with Gasteiger partial charge in [0.2, 0.25) is 0 Å². The van der Waals surface area contributed by atoms with E-state index in [0.717, 1.165) is 50.2 Å². The van der Waals surface area contributed by atoms with Gasteiger partial charge in [-0.3, -0.25) is 4.90 Å². The zero-order valence-corrected chi connectivity index (χ0v) is 18.6. The molecule has 0 spiro atoms. The summed E-state index contributed by atoms with van der Waals surface area (Å²) in [5, 5.41) is 2.97. The van der Waals surface area contributed by atoms with Gasteiger partial charge in [-0.1, -0.05) is 24.3 Å². The molecule has 0 saturated carbocycles. The Balaban J connectivity index is 1.34. The zero-order valence-electron chi connectivity index (χ0n) is 18.6. The molecule has 0 aromatic heterocycles. The van der Waals surface area contributed by atoms with Crippen LogP contribution in [0, 0.1) is 5.92 Å². The van der Waals surface area contributed by atoms with Crippen LogP contribution >= 0.6 is 0 Å². The van der Waals surface area contributed by atoms with Crippen molar-refractivity contribution in [2.45, 2.75) is 50.6 Å². The van der Waals surface area contributed by atoms with Crippen LogP contribution < -0.4 is 10.1 Å². The number of alkyl halides is 3. The van der Waals surface area contributed by atoms with Crippen molar-refractivity contribution in [1.82, 2.24) is 10.2 Å². The van der Waals surface area contributed by atoms with E-state index in [1.807, 2.05) is 13.8 Å². The summed E-state index contributed by atoms with van der Waals surface area (Å²) in [6.45, 7) is 6.65. The highest BCUT2D eigenvalue weighted by atomic mass is 19.4. The maximum absolute atomic E-state index is 13.1. The summed E-state index contributed by atoms with van der Waals surface area (Å²) in [4.78, 5) is 15.1. The number of carbonyl (C=O) groups is 1. The van der Waals surface area contributed by atoms with Crippen LogP contribution in [0.15, 0.2) is 42.5 Å². The normalized spacial score (nSPS) is 27.5. The van der Waals surface area contributed by atoms with Crippen LogP contribution in [0.25, 0.3) is 11.1 Å². The molecular formula is C25H27F3N2O3. The highest BCUT2D eigenvalue weighted by molar-refractivity contribution is 5.71. The quantitative estimate of drug-likeness (QED) is 0.666. The molecule has 4 heterocycles. The van der Waals surface area contributed by atoms with E-state index in [4.69, 9.17) is 9.47 Å². The van der Waals surface area contributed by atoms with Gasteiger partial charge in [-0.05, 0) is 75.0 Å². The van der Waals surface area contributed by atoms with Crippen LogP contribution in [0.4, 0.5) is 18.0 Å². The Morgan fingerprint density at radius 2 is 1.85 bits per heavy atom. The van der Waals surface area contributed by atoms with Crippen molar-refractivity contribution in [2.75, 3.05) is 19.6 Å². The van der Waals surface area contributed by atoms with Crippen molar-refractivity contribution in [1.29, 1.82) is 0 Å². The van der Waals surface area contributed by atoms with Gasteiger partial charge < -0.3 is 14.8 Å². The minimum Gasteiger partial charge on any atom is -0.485 e. The first kappa shape index (κ1) is 22.1. The maximum Gasteiger partial charge on any atom is 0.416 e. The van der Waals surface area contributed by atoms with Crippen molar-refractivity contribution in [3.8, 4) is 16.9 Å². The van der Waals surface area contributed by atoms with Gasteiger partial charge in [0.25, 0.3) is 0 Å². The van der Waals surface area contributed by atoms with E-state index in [1.165, 1.54) is 6.07 Å². The number of alkyl carbamates (subject to hydrolysis) is 1. The largest absolute Gasteiger partial charge is 0.485 e. The highest BCUT2D eigenvalue weighted by Gasteiger charge is 2.44. The number of ether oxygens (including phenoxy) is 2. The number of carbonyl (C=O) groups excluding carboxylic acids is 1. The summed E-state index contributed by atoms with van der Waals surface area (Å²) < 4.78 is 51.2. The summed E-state index contributed by atoms with van der Waals surface area (Å²) in [7, 11) is 0. The summed E-state index contributed by atoms with van der Waals surface area (Å²) in [6, 6.07) is 10.1. The van der Waals surface area contributed by atoms with Gasteiger partial charge in [0.15, 0.2) is 0 Å². The van der Waals surface area contributed by atoms with Gasteiger partial charge >= 0.3 is 12.3 Å². The molecule has 2 atom stereocenters. The second-order valence-corrected chi connectivity index (χ2v) is 9.70. The number of hydrogen-bond acceptors (Lipinski definition) is 4. The standard InChI is InChI=1S/C25H27F3N2O3/c1-24(2)22(29-23(31)32-21-14-30-10-8-15(21)9-11-30)19-7-6-17(13-20(19)33-24)16-4-3-5-18(12-16)25(26,27)28/h3-7,12-13,15,21-22H,8-11,14H2,1-2H3,(H,29,31)/t21-,22?/m0/s1. The fourth-order valence-electron chi connectivity index (χ4n) is 5.22. The minimum absolute atomic E-state index is 0.0966. The molecule has 4 aliphatic rings. The lowest BCUT2D eigenvalue weighted by molar-refractivity contribution is -0.137. The Labute approximate surface area is 190 Å². The van der Waals surface area contributed by atoms with Crippen LogP contribution in [-0.2, 0) is 10.9 Å². The molecule has 33 heavy (non-hydrogen) atoms. The van der Waals surface area contributed by atoms with Crippen LogP contribution in [-0.4, -0.2) is 42.3 Å². The molecule has 1 amide bonds. The minimum atomic E-state index is -4.41. The number of rotatable bonds is 3. The molecule has 6 rings (SSSR count). The Kier molecular flexibility index (Phi) is 5.31. The van der Waals surface area contributed by atoms with E-state index in [2.05, 4.69) is 10.2 Å². The average molecular weight is 460 g/mol. The Bertz CT molecular complexity index is 1060. The number of piperidine rings is 3. The predicted molar refractivity (Wildman–Crippen MR) is 117 cm³/mol. The lowest BCUT2D eigenvalue weighted by Crippen LogP contribution is -2.53. The van der Waals surface area contributed by atoms with E-state index in [-0.39, 0.29) is 6.10 Å². The molecule has 1 unspecified atom stereocenters. The first-order chi connectivity index (χ1) is 15.6. The highest BCUT2D eigenvalue weighted by Crippen LogP contribution is 2.45. The van der Waals surface area contributed by atoms with Gasteiger partial charge in [0.05, 0.1) is 5.56 Å². The van der Waals surface area contributed by atoms with Crippen molar-refractivity contribution in [3.63, 3.8) is 0 Å². The van der Waals surface area contributed by atoms with Crippen LogP contribution in [0.3, 0.4) is 0 Å². The van der Waals surface area contributed by atoms with E-state index in [1.54, 1.807) is 24.3 Å². The third kappa shape index (κ3) is 4.28. The molecule has 2 aromatic rings. The number of halogens is 3. The maximum atomic E-state index is 13.1. The monoisotopic (exact) mass is 460 g/mol.